The van der Waals surface area contributed by atoms with Crippen molar-refractivity contribution in [3.05, 3.63) is 48.0 Å². The molecule has 1 atom stereocenters. The molecule has 7 nitrogen and oxygen atoms in total. The molecule has 0 aliphatic carbocycles. The zero-order valence-electron chi connectivity index (χ0n) is 15.3. The Morgan fingerprint density at radius 1 is 1.20 bits per heavy atom. The Labute approximate surface area is 173 Å². The Bertz CT molecular complexity index is 997. The fourth-order valence-corrected chi connectivity index (χ4v) is 3.75. The van der Waals surface area contributed by atoms with E-state index in [-0.39, 0.29) is 18.7 Å². The molecule has 30 heavy (non-hydrogen) atoms. The monoisotopic (exact) mass is 439 g/mol. The van der Waals surface area contributed by atoms with Gasteiger partial charge >= 0.3 is 6.18 Å². The minimum atomic E-state index is -4.52. The first-order valence-corrected chi connectivity index (χ1v) is 9.49. The number of rotatable bonds is 6. The van der Waals surface area contributed by atoms with Crippen LogP contribution in [0.15, 0.2) is 47.4 Å². The van der Waals surface area contributed by atoms with Crippen LogP contribution < -0.4 is 21.1 Å². The number of alkyl halides is 3. The van der Waals surface area contributed by atoms with E-state index in [1.807, 2.05) is 0 Å². The molecule has 11 heteroatoms. The maximum Gasteiger partial charge on any atom is 0.416 e. The van der Waals surface area contributed by atoms with Crippen LogP contribution in [0, 0.1) is 0 Å². The number of hydrogen-bond donors (Lipinski definition) is 3. The highest BCUT2D eigenvalue weighted by Crippen LogP contribution is 2.40. The van der Waals surface area contributed by atoms with Crippen molar-refractivity contribution in [2.45, 2.75) is 22.7 Å². The molecular formula is C19H16F3N3O4S. The zero-order valence-corrected chi connectivity index (χ0v) is 16.1. The largest absolute Gasteiger partial charge is 0.484 e. The van der Waals surface area contributed by atoms with Gasteiger partial charge in [0.15, 0.2) is 6.61 Å². The lowest BCUT2D eigenvalue weighted by molar-refractivity contribution is -0.137. The number of fused-ring (bicyclic) bond motifs is 1. The van der Waals surface area contributed by atoms with Crippen LogP contribution >= 0.6 is 11.8 Å². The number of carbonyl (C=O) groups excluding carboxylic acids is 3. The Morgan fingerprint density at radius 2 is 1.97 bits per heavy atom. The summed E-state index contributed by atoms with van der Waals surface area (Å²) in [5, 5.41) is 4.24. The van der Waals surface area contributed by atoms with Crippen molar-refractivity contribution in [2.24, 2.45) is 5.73 Å². The standard InChI is InChI=1S/C19H16F3N3O4S/c20-19(21,22)10-4-5-14-13(6-10)25-18(28)15(30-14)8-17(27)24-11-2-1-3-12(7-11)29-9-16(23)26/h1-7,15H,8-9H2,(H2,23,26)(H,24,27)(H,25,28). The van der Waals surface area contributed by atoms with E-state index in [9.17, 15) is 27.6 Å². The van der Waals surface area contributed by atoms with Crippen LogP contribution in [0.3, 0.4) is 0 Å². The molecule has 0 saturated carbocycles. The maximum absolute atomic E-state index is 12.8. The maximum atomic E-state index is 12.8. The van der Waals surface area contributed by atoms with Crippen molar-refractivity contribution in [3.63, 3.8) is 0 Å². The molecule has 158 valence electrons. The number of anilines is 2. The zero-order chi connectivity index (χ0) is 21.9. The van der Waals surface area contributed by atoms with Crippen LogP contribution in [0.25, 0.3) is 0 Å². The first kappa shape index (κ1) is 21.5. The second-order valence-corrected chi connectivity index (χ2v) is 7.58. The lowest BCUT2D eigenvalue weighted by Gasteiger charge is -2.24. The molecule has 1 heterocycles. The predicted molar refractivity (Wildman–Crippen MR) is 104 cm³/mol. The van der Waals surface area contributed by atoms with Crippen LogP contribution in [0.1, 0.15) is 12.0 Å². The minimum absolute atomic E-state index is 0.0655. The summed E-state index contributed by atoms with van der Waals surface area (Å²) in [5.41, 5.74) is 4.60. The smallest absolute Gasteiger partial charge is 0.416 e. The van der Waals surface area contributed by atoms with Gasteiger partial charge in [-0.25, -0.2) is 0 Å². The average Bonchev–Trinajstić information content (AvgIpc) is 2.66. The van der Waals surface area contributed by atoms with E-state index in [2.05, 4.69) is 10.6 Å². The van der Waals surface area contributed by atoms with Gasteiger partial charge in [0.2, 0.25) is 11.8 Å². The van der Waals surface area contributed by atoms with E-state index in [1.165, 1.54) is 12.1 Å². The molecule has 0 bridgehead atoms. The lowest BCUT2D eigenvalue weighted by Crippen LogP contribution is -2.32. The summed E-state index contributed by atoms with van der Waals surface area (Å²) in [4.78, 5) is 35.8. The summed E-state index contributed by atoms with van der Waals surface area (Å²) in [5.74, 6) is -1.34. The normalized spacial score (nSPS) is 15.7. The molecule has 0 aromatic heterocycles. The van der Waals surface area contributed by atoms with Gasteiger partial charge in [-0.3, -0.25) is 14.4 Å². The van der Waals surface area contributed by atoms with E-state index in [1.54, 1.807) is 18.2 Å². The van der Waals surface area contributed by atoms with Crippen molar-refractivity contribution in [1.82, 2.24) is 0 Å². The van der Waals surface area contributed by atoms with Gasteiger partial charge < -0.3 is 21.1 Å². The van der Waals surface area contributed by atoms with Gasteiger partial charge in [-0.05, 0) is 30.3 Å². The van der Waals surface area contributed by atoms with Gasteiger partial charge in [0, 0.05) is 23.1 Å². The molecule has 4 N–H and O–H groups in total. The predicted octanol–water partition coefficient (Wildman–Crippen LogP) is 3.01. The number of ether oxygens (including phenoxy) is 1. The summed E-state index contributed by atoms with van der Waals surface area (Å²) in [6.45, 7) is -0.314. The fourth-order valence-electron chi connectivity index (χ4n) is 2.66. The van der Waals surface area contributed by atoms with E-state index < -0.39 is 34.7 Å². The minimum Gasteiger partial charge on any atom is -0.484 e. The Hall–Kier alpha value is -3.21. The first-order valence-electron chi connectivity index (χ1n) is 8.61. The van der Waals surface area contributed by atoms with Crippen LogP contribution in [0.5, 0.6) is 5.75 Å². The molecule has 1 aliphatic rings. The average molecular weight is 439 g/mol. The number of nitrogens with one attached hydrogen (secondary N) is 2. The lowest BCUT2D eigenvalue weighted by atomic mass is 10.1. The summed E-state index contributed by atoms with van der Waals surface area (Å²) >= 11 is 1.02. The Morgan fingerprint density at radius 3 is 2.67 bits per heavy atom. The fraction of sp³-hybridized carbons (Fsp3) is 0.211. The number of hydrogen-bond acceptors (Lipinski definition) is 5. The molecule has 2 aromatic carbocycles. The molecule has 0 saturated heterocycles. The molecule has 0 spiro atoms. The molecule has 1 aliphatic heterocycles. The third-order valence-corrected chi connectivity index (χ3v) is 5.27. The topological polar surface area (TPSA) is 111 Å². The van der Waals surface area contributed by atoms with Crippen molar-refractivity contribution < 1.29 is 32.3 Å². The molecule has 0 radical (unpaired) electrons. The molecule has 0 fully saturated rings. The highest BCUT2D eigenvalue weighted by molar-refractivity contribution is 8.01. The number of thioether (sulfide) groups is 1. The van der Waals surface area contributed by atoms with Crippen LogP contribution in [-0.4, -0.2) is 29.6 Å². The van der Waals surface area contributed by atoms with E-state index in [4.69, 9.17) is 10.5 Å². The number of primary amides is 1. The summed E-state index contributed by atoms with van der Waals surface area (Å²) in [6.07, 6.45) is -4.71. The second kappa shape index (κ2) is 8.66. The number of benzene rings is 2. The molecule has 3 rings (SSSR count). The van der Waals surface area contributed by atoms with E-state index >= 15 is 0 Å². The third kappa shape index (κ3) is 5.44. The van der Waals surface area contributed by atoms with Crippen molar-refractivity contribution in [2.75, 3.05) is 17.2 Å². The van der Waals surface area contributed by atoms with Gasteiger partial charge in [-0.2, -0.15) is 13.2 Å². The third-order valence-electron chi connectivity index (χ3n) is 4.00. The van der Waals surface area contributed by atoms with Gasteiger partial charge in [-0.1, -0.05) is 6.07 Å². The van der Waals surface area contributed by atoms with Gasteiger partial charge in [0.1, 0.15) is 5.75 Å². The number of nitrogens with two attached hydrogens (primary N) is 1. The van der Waals surface area contributed by atoms with E-state index in [0.29, 0.717) is 16.3 Å². The van der Waals surface area contributed by atoms with Crippen LogP contribution in [0.2, 0.25) is 0 Å². The van der Waals surface area contributed by atoms with Gasteiger partial charge in [-0.15, -0.1) is 11.8 Å². The van der Waals surface area contributed by atoms with Crippen molar-refractivity contribution in [3.8, 4) is 5.75 Å². The molecule has 2 aromatic rings. The SMILES string of the molecule is NC(=O)COc1cccc(NC(=O)CC2Sc3ccc(C(F)(F)F)cc3NC2=O)c1. The number of amides is 3. The molecular weight excluding hydrogens is 423 g/mol. The highest BCUT2D eigenvalue weighted by atomic mass is 32.2. The van der Waals surface area contributed by atoms with Gasteiger partial charge in [0.25, 0.3) is 5.91 Å². The van der Waals surface area contributed by atoms with Gasteiger partial charge in [0.05, 0.1) is 16.5 Å². The van der Waals surface area contributed by atoms with Crippen LogP contribution in [-0.2, 0) is 20.6 Å². The Balaban J connectivity index is 1.63. The summed E-state index contributed by atoms with van der Waals surface area (Å²) in [7, 11) is 0. The molecule has 3 amide bonds. The second-order valence-electron chi connectivity index (χ2n) is 6.34. The summed E-state index contributed by atoms with van der Waals surface area (Å²) in [6, 6.07) is 9.33. The molecule has 1 unspecified atom stereocenters. The Kier molecular flexibility index (Phi) is 6.20. The van der Waals surface area contributed by atoms with Crippen molar-refractivity contribution in [1.29, 1.82) is 0 Å². The summed E-state index contributed by atoms with van der Waals surface area (Å²) < 4.78 is 43.6. The quantitative estimate of drug-likeness (QED) is 0.641. The van der Waals surface area contributed by atoms with Crippen molar-refractivity contribution >= 4 is 40.9 Å². The van der Waals surface area contributed by atoms with E-state index in [0.717, 1.165) is 23.9 Å². The number of halogens is 3. The van der Waals surface area contributed by atoms with Crippen LogP contribution in [0.4, 0.5) is 24.5 Å². The highest BCUT2D eigenvalue weighted by Gasteiger charge is 2.34. The number of carbonyl (C=O) groups is 3. The first-order chi connectivity index (χ1) is 14.1.